The van der Waals surface area contributed by atoms with Crippen molar-refractivity contribution in [2.45, 2.75) is 18.9 Å². The maximum Gasteiger partial charge on any atom is 0.223 e. The number of Topliss-reactive ketones (excluding diaryl/α,β-unsaturated/α-hetero) is 1. The molecule has 1 amide bonds. The molecule has 0 bridgehead atoms. The molecule has 3 rings (SSSR count). The Morgan fingerprint density at radius 3 is 2.48 bits per heavy atom. The molecule has 1 atom stereocenters. The first kappa shape index (κ1) is 19.5. The van der Waals surface area contributed by atoms with Crippen LogP contribution in [0.1, 0.15) is 34.8 Å². The average molecular weight is 389 g/mol. The van der Waals surface area contributed by atoms with Crippen LogP contribution >= 0.6 is 11.6 Å². The van der Waals surface area contributed by atoms with Crippen molar-refractivity contribution >= 4 is 23.3 Å². The maximum atomic E-state index is 14.2. The summed E-state index contributed by atoms with van der Waals surface area (Å²) >= 11 is 5.83. The Hall–Kier alpha value is -2.24. The first-order chi connectivity index (χ1) is 13.0. The fourth-order valence-corrected chi connectivity index (χ4v) is 3.47. The summed E-state index contributed by atoms with van der Waals surface area (Å²) < 4.78 is 14.2. The molecule has 0 saturated carbocycles. The molecule has 27 heavy (non-hydrogen) atoms. The molecule has 142 valence electrons. The highest BCUT2D eigenvalue weighted by molar-refractivity contribution is 6.30. The number of halogens is 2. The molecule has 1 aliphatic heterocycles. The van der Waals surface area contributed by atoms with Gasteiger partial charge < -0.3 is 4.90 Å². The molecule has 0 spiro atoms. The van der Waals surface area contributed by atoms with Gasteiger partial charge in [-0.15, -0.1) is 0 Å². The highest BCUT2D eigenvalue weighted by Gasteiger charge is 2.29. The minimum Gasteiger partial charge on any atom is -0.339 e. The summed E-state index contributed by atoms with van der Waals surface area (Å²) in [5, 5.41) is 0.569. The fourth-order valence-electron chi connectivity index (χ4n) is 3.34. The molecular formula is C21H22ClFN2O2. The van der Waals surface area contributed by atoms with Crippen LogP contribution < -0.4 is 0 Å². The number of ketones is 1. The Balaban J connectivity index is 1.60. The van der Waals surface area contributed by atoms with Crippen LogP contribution in [0.25, 0.3) is 0 Å². The van der Waals surface area contributed by atoms with E-state index < -0.39 is 0 Å². The fraction of sp³-hybridized carbons (Fsp3) is 0.333. The van der Waals surface area contributed by atoms with Crippen LogP contribution in [0.4, 0.5) is 4.39 Å². The smallest absolute Gasteiger partial charge is 0.223 e. The number of hydrogen-bond donors (Lipinski definition) is 0. The summed E-state index contributed by atoms with van der Waals surface area (Å²) in [5.41, 5.74) is 1.14. The van der Waals surface area contributed by atoms with Crippen molar-refractivity contribution < 1.29 is 14.0 Å². The summed E-state index contributed by atoms with van der Waals surface area (Å²) in [6.07, 6.45) is 0.298. The molecule has 2 aromatic carbocycles. The van der Waals surface area contributed by atoms with Gasteiger partial charge in [-0.2, -0.15) is 0 Å². The second kappa shape index (κ2) is 8.63. The molecule has 1 fully saturated rings. The third-order valence-electron chi connectivity index (χ3n) is 5.00. The van der Waals surface area contributed by atoms with Gasteiger partial charge in [0.1, 0.15) is 5.82 Å². The summed E-state index contributed by atoms with van der Waals surface area (Å²) in [5.74, 6) is -0.423. The van der Waals surface area contributed by atoms with E-state index in [0.29, 0.717) is 35.8 Å². The second-order valence-electron chi connectivity index (χ2n) is 6.79. The van der Waals surface area contributed by atoms with E-state index >= 15 is 0 Å². The van der Waals surface area contributed by atoms with Crippen LogP contribution in [0.2, 0.25) is 5.02 Å². The highest BCUT2D eigenvalue weighted by Crippen LogP contribution is 2.26. The van der Waals surface area contributed by atoms with E-state index in [1.54, 1.807) is 47.4 Å². The number of carbonyl (C=O) groups is 2. The number of nitrogens with zero attached hydrogens (tertiary/aromatic N) is 2. The third kappa shape index (κ3) is 4.73. The lowest BCUT2D eigenvalue weighted by Gasteiger charge is -2.39. The van der Waals surface area contributed by atoms with Gasteiger partial charge in [0.2, 0.25) is 5.91 Å². The molecule has 0 radical (unpaired) electrons. The molecular weight excluding hydrogens is 367 g/mol. The Morgan fingerprint density at radius 2 is 1.78 bits per heavy atom. The standard InChI is InChI=1S/C21H22ClFN2O2/c1-24-12-13-25(14-19(24)17-4-2-3-5-18(17)23)21(27)11-10-20(26)15-6-8-16(22)9-7-15/h2-9,19H,10-14H2,1H3. The minimum atomic E-state index is -0.262. The van der Waals surface area contributed by atoms with E-state index in [2.05, 4.69) is 4.90 Å². The quantitative estimate of drug-likeness (QED) is 0.728. The minimum absolute atomic E-state index is 0.0771. The number of hydrogen-bond acceptors (Lipinski definition) is 3. The normalized spacial score (nSPS) is 17.7. The molecule has 1 saturated heterocycles. The zero-order chi connectivity index (χ0) is 19.4. The van der Waals surface area contributed by atoms with Crippen LogP contribution in [0, 0.1) is 5.82 Å². The lowest BCUT2D eigenvalue weighted by Crippen LogP contribution is -2.49. The predicted octanol–water partition coefficient (Wildman–Crippen LogP) is 3.96. The van der Waals surface area contributed by atoms with Gasteiger partial charge >= 0.3 is 0 Å². The number of amides is 1. The molecule has 4 nitrogen and oxygen atoms in total. The van der Waals surface area contributed by atoms with Crippen molar-refractivity contribution in [1.82, 2.24) is 9.80 Å². The summed E-state index contributed by atoms with van der Waals surface area (Å²) in [6, 6.07) is 13.1. The van der Waals surface area contributed by atoms with Crippen molar-refractivity contribution in [3.63, 3.8) is 0 Å². The van der Waals surface area contributed by atoms with Gasteiger partial charge in [-0.25, -0.2) is 4.39 Å². The van der Waals surface area contributed by atoms with Crippen LogP contribution in [0.15, 0.2) is 48.5 Å². The molecule has 1 aliphatic rings. The summed E-state index contributed by atoms with van der Waals surface area (Å²) in [4.78, 5) is 28.6. The van der Waals surface area contributed by atoms with Crippen molar-refractivity contribution in [3.8, 4) is 0 Å². The van der Waals surface area contributed by atoms with Gasteiger partial charge in [0.05, 0.1) is 6.04 Å². The van der Waals surface area contributed by atoms with Gasteiger partial charge in [-0.05, 0) is 37.4 Å². The van der Waals surface area contributed by atoms with Gasteiger partial charge in [0, 0.05) is 48.6 Å². The molecule has 2 aromatic rings. The summed E-state index contributed by atoms with van der Waals surface area (Å²) in [7, 11) is 1.93. The zero-order valence-electron chi connectivity index (χ0n) is 15.2. The number of piperazine rings is 1. The largest absolute Gasteiger partial charge is 0.339 e. The first-order valence-electron chi connectivity index (χ1n) is 8.97. The zero-order valence-corrected chi connectivity index (χ0v) is 16.0. The van der Waals surface area contributed by atoms with Crippen LogP contribution in [-0.4, -0.2) is 48.2 Å². The van der Waals surface area contributed by atoms with Crippen molar-refractivity contribution in [3.05, 3.63) is 70.5 Å². The Bertz CT molecular complexity index is 825. The highest BCUT2D eigenvalue weighted by atomic mass is 35.5. The van der Waals surface area contributed by atoms with Crippen molar-refractivity contribution in [1.29, 1.82) is 0 Å². The van der Waals surface area contributed by atoms with E-state index in [0.717, 1.165) is 0 Å². The van der Waals surface area contributed by atoms with Crippen LogP contribution in [0.3, 0.4) is 0 Å². The molecule has 0 N–H and O–H groups in total. The molecule has 1 heterocycles. The molecule has 1 unspecified atom stereocenters. The Morgan fingerprint density at radius 1 is 1.07 bits per heavy atom. The van der Waals surface area contributed by atoms with Gasteiger partial charge in [0.15, 0.2) is 5.78 Å². The average Bonchev–Trinajstić information content (AvgIpc) is 2.67. The SMILES string of the molecule is CN1CCN(C(=O)CCC(=O)c2ccc(Cl)cc2)CC1c1ccccc1F. The van der Waals surface area contributed by atoms with Crippen molar-refractivity contribution in [2.75, 3.05) is 26.7 Å². The Labute approximate surface area is 163 Å². The van der Waals surface area contributed by atoms with E-state index in [4.69, 9.17) is 11.6 Å². The number of rotatable bonds is 5. The van der Waals surface area contributed by atoms with Gasteiger partial charge in [0.25, 0.3) is 0 Å². The molecule has 0 aromatic heterocycles. The van der Waals surface area contributed by atoms with Crippen molar-refractivity contribution in [2.24, 2.45) is 0 Å². The second-order valence-corrected chi connectivity index (χ2v) is 7.22. The Kier molecular flexibility index (Phi) is 6.24. The van der Waals surface area contributed by atoms with Crippen LogP contribution in [0.5, 0.6) is 0 Å². The molecule has 6 heteroatoms. The lowest BCUT2D eigenvalue weighted by atomic mass is 10.0. The van der Waals surface area contributed by atoms with Gasteiger partial charge in [-0.3, -0.25) is 14.5 Å². The lowest BCUT2D eigenvalue weighted by molar-refractivity contribution is -0.134. The van der Waals surface area contributed by atoms with Crippen LogP contribution in [-0.2, 0) is 4.79 Å². The maximum absolute atomic E-state index is 14.2. The van der Waals surface area contributed by atoms with E-state index in [9.17, 15) is 14.0 Å². The summed E-state index contributed by atoms with van der Waals surface area (Å²) in [6.45, 7) is 1.66. The third-order valence-corrected chi connectivity index (χ3v) is 5.25. The number of carbonyl (C=O) groups excluding carboxylic acids is 2. The number of benzene rings is 2. The van der Waals surface area contributed by atoms with E-state index in [1.165, 1.54) is 6.07 Å². The van der Waals surface area contributed by atoms with E-state index in [1.807, 2.05) is 7.05 Å². The number of likely N-dealkylation sites (N-methyl/N-ethyl adjacent to an activating group) is 1. The predicted molar refractivity (Wildman–Crippen MR) is 103 cm³/mol. The van der Waals surface area contributed by atoms with Gasteiger partial charge in [-0.1, -0.05) is 29.8 Å². The topological polar surface area (TPSA) is 40.6 Å². The monoisotopic (exact) mass is 388 g/mol. The van der Waals surface area contributed by atoms with E-state index in [-0.39, 0.29) is 36.4 Å². The molecule has 0 aliphatic carbocycles. The first-order valence-corrected chi connectivity index (χ1v) is 9.34.